The topological polar surface area (TPSA) is 50.8 Å². The van der Waals surface area contributed by atoms with Gasteiger partial charge in [0.15, 0.2) is 11.5 Å². The summed E-state index contributed by atoms with van der Waals surface area (Å²) in [6.45, 7) is 7.35. The molecule has 2 atom stereocenters. The minimum atomic E-state index is -0.112. The molecule has 1 aliphatic heterocycles. The van der Waals surface area contributed by atoms with Crippen molar-refractivity contribution < 1.29 is 14.3 Å². The van der Waals surface area contributed by atoms with Gasteiger partial charge in [-0.05, 0) is 36.1 Å². The second-order valence-corrected chi connectivity index (χ2v) is 7.27. The molecule has 144 valence electrons. The Labute approximate surface area is 161 Å². The highest BCUT2D eigenvalue weighted by molar-refractivity contribution is 5.75. The summed E-state index contributed by atoms with van der Waals surface area (Å²) in [5.74, 6) is 1.73. The third kappa shape index (κ3) is 4.35. The molecule has 2 aromatic carbocycles. The smallest absolute Gasteiger partial charge is 0.318 e. The Morgan fingerprint density at radius 1 is 0.963 bits per heavy atom. The van der Waals surface area contributed by atoms with Crippen LogP contribution >= 0.6 is 0 Å². The van der Waals surface area contributed by atoms with Gasteiger partial charge in [0.1, 0.15) is 13.2 Å². The van der Waals surface area contributed by atoms with Gasteiger partial charge in [-0.15, -0.1) is 0 Å². The fourth-order valence-electron chi connectivity index (χ4n) is 3.25. The monoisotopic (exact) mass is 368 g/mol. The number of urea groups is 1. The Kier molecular flexibility index (Phi) is 5.89. The van der Waals surface area contributed by atoms with Crippen LogP contribution in [-0.2, 0) is 0 Å². The largest absolute Gasteiger partial charge is 0.486 e. The SMILES string of the molecule is CC(C)[C@H](NC(=O)N(C)[C@H](C)c1ccccc1)c1ccc2c(c1)OCCO2. The second-order valence-electron chi connectivity index (χ2n) is 7.27. The van der Waals surface area contributed by atoms with E-state index in [1.54, 1.807) is 4.90 Å². The Bertz CT molecular complexity index is 776. The summed E-state index contributed by atoms with van der Waals surface area (Å²) in [5.41, 5.74) is 2.12. The molecular formula is C22H28N2O3. The molecule has 5 nitrogen and oxygen atoms in total. The van der Waals surface area contributed by atoms with E-state index in [1.165, 1.54) is 0 Å². The molecule has 1 N–H and O–H groups in total. The number of carbonyl (C=O) groups excluding carboxylic acids is 1. The van der Waals surface area contributed by atoms with Gasteiger partial charge in [0.05, 0.1) is 12.1 Å². The van der Waals surface area contributed by atoms with E-state index < -0.39 is 0 Å². The van der Waals surface area contributed by atoms with Crippen molar-refractivity contribution in [2.45, 2.75) is 32.9 Å². The quantitative estimate of drug-likeness (QED) is 0.842. The fourth-order valence-corrected chi connectivity index (χ4v) is 3.25. The number of hydrogen-bond donors (Lipinski definition) is 1. The van der Waals surface area contributed by atoms with E-state index in [0.29, 0.717) is 13.2 Å². The van der Waals surface area contributed by atoms with E-state index in [4.69, 9.17) is 9.47 Å². The van der Waals surface area contributed by atoms with Crippen LogP contribution in [0.4, 0.5) is 4.79 Å². The minimum Gasteiger partial charge on any atom is -0.486 e. The molecule has 0 saturated carbocycles. The number of benzene rings is 2. The first-order valence-electron chi connectivity index (χ1n) is 9.45. The Morgan fingerprint density at radius 2 is 1.63 bits per heavy atom. The first-order valence-corrected chi connectivity index (χ1v) is 9.45. The van der Waals surface area contributed by atoms with Gasteiger partial charge >= 0.3 is 6.03 Å². The molecule has 0 aliphatic carbocycles. The molecule has 1 aliphatic rings. The predicted molar refractivity (Wildman–Crippen MR) is 106 cm³/mol. The zero-order chi connectivity index (χ0) is 19.4. The molecule has 0 spiro atoms. The maximum Gasteiger partial charge on any atom is 0.318 e. The molecule has 0 saturated heterocycles. The maximum atomic E-state index is 12.9. The fraction of sp³-hybridized carbons (Fsp3) is 0.409. The van der Waals surface area contributed by atoms with Gasteiger partial charge in [-0.25, -0.2) is 4.79 Å². The number of amides is 2. The number of nitrogens with zero attached hydrogens (tertiary/aromatic N) is 1. The zero-order valence-corrected chi connectivity index (χ0v) is 16.4. The summed E-state index contributed by atoms with van der Waals surface area (Å²) in [6, 6.07) is 15.7. The van der Waals surface area contributed by atoms with E-state index >= 15 is 0 Å². The summed E-state index contributed by atoms with van der Waals surface area (Å²) in [4.78, 5) is 14.6. The van der Waals surface area contributed by atoms with Crippen molar-refractivity contribution in [2.75, 3.05) is 20.3 Å². The third-order valence-electron chi connectivity index (χ3n) is 5.05. The van der Waals surface area contributed by atoms with E-state index in [9.17, 15) is 4.79 Å². The predicted octanol–water partition coefficient (Wildman–Crippen LogP) is 4.56. The molecule has 27 heavy (non-hydrogen) atoms. The molecule has 0 aromatic heterocycles. The van der Waals surface area contributed by atoms with Crippen LogP contribution in [0, 0.1) is 5.92 Å². The number of carbonyl (C=O) groups is 1. The lowest BCUT2D eigenvalue weighted by Gasteiger charge is -2.30. The number of fused-ring (bicyclic) bond motifs is 1. The molecule has 5 heteroatoms. The van der Waals surface area contributed by atoms with E-state index in [1.807, 2.05) is 62.5 Å². The summed E-state index contributed by atoms with van der Waals surface area (Å²) < 4.78 is 11.3. The van der Waals surface area contributed by atoms with E-state index in [2.05, 4.69) is 19.2 Å². The van der Waals surface area contributed by atoms with Crippen LogP contribution in [0.2, 0.25) is 0 Å². The van der Waals surface area contributed by atoms with Crippen LogP contribution in [0.15, 0.2) is 48.5 Å². The van der Waals surface area contributed by atoms with Gasteiger partial charge < -0.3 is 19.7 Å². The lowest BCUT2D eigenvalue weighted by atomic mass is 9.95. The number of nitrogens with one attached hydrogen (secondary N) is 1. The Morgan fingerprint density at radius 3 is 2.30 bits per heavy atom. The van der Waals surface area contributed by atoms with Gasteiger partial charge in [-0.3, -0.25) is 0 Å². The minimum absolute atomic E-state index is 0.0146. The van der Waals surface area contributed by atoms with Gasteiger partial charge in [0, 0.05) is 7.05 Å². The maximum absolute atomic E-state index is 12.9. The van der Waals surface area contributed by atoms with E-state index in [0.717, 1.165) is 22.6 Å². The average molecular weight is 368 g/mol. The molecule has 2 aromatic rings. The van der Waals surface area contributed by atoms with Crippen molar-refractivity contribution in [3.8, 4) is 11.5 Å². The number of ether oxygens (including phenoxy) is 2. The van der Waals surface area contributed by atoms with Crippen LogP contribution in [0.3, 0.4) is 0 Å². The molecule has 0 bridgehead atoms. The van der Waals surface area contributed by atoms with Crippen LogP contribution in [0.5, 0.6) is 11.5 Å². The molecular weight excluding hydrogens is 340 g/mol. The normalized spacial score (nSPS) is 15.1. The first kappa shape index (κ1) is 19.1. The molecule has 3 rings (SSSR count). The van der Waals surface area contributed by atoms with Crippen molar-refractivity contribution in [2.24, 2.45) is 5.92 Å². The van der Waals surface area contributed by atoms with Gasteiger partial charge in [-0.2, -0.15) is 0 Å². The zero-order valence-electron chi connectivity index (χ0n) is 16.4. The van der Waals surface area contributed by atoms with Gasteiger partial charge in [0.25, 0.3) is 0 Å². The third-order valence-corrected chi connectivity index (χ3v) is 5.05. The summed E-state index contributed by atoms with van der Waals surface area (Å²) in [7, 11) is 1.83. The number of rotatable bonds is 5. The number of hydrogen-bond acceptors (Lipinski definition) is 3. The molecule has 1 heterocycles. The van der Waals surface area contributed by atoms with Crippen LogP contribution < -0.4 is 14.8 Å². The van der Waals surface area contributed by atoms with Crippen molar-refractivity contribution in [1.29, 1.82) is 0 Å². The summed E-state index contributed by atoms with van der Waals surface area (Å²) >= 11 is 0. The van der Waals surface area contributed by atoms with Crippen molar-refractivity contribution in [1.82, 2.24) is 10.2 Å². The summed E-state index contributed by atoms with van der Waals surface area (Å²) in [5, 5.41) is 3.18. The first-order chi connectivity index (χ1) is 13.0. The highest BCUT2D eigenvalue weighted by Crippen LogP contribution is 2.34. The summed E-state index contributed by atoms with van der Waals surface area (Å²) in [6.07, 6.45) is 0. The van der Waals surface area contributed by atoms with Crippen LogP contribution in [0.1, 0.15) is 44.0 Å². The highest BCUT2D eigenvalue weighted by atomic mass is 16.6. The molecule has 2 amide bonds. The standard InChI is InChI=1S/C22H28N2O3/c1-15(2)21(18-10-11-19-20(14-18)27-13-12-26-19)23-22(25)24(4)16(3)17-8-6-5-7-9-17/h5-11,14-16,21H,12-13H2,1-4H3,(H,23,25)/t16-,21+/m1/s1. The lowest BCUT2D eigenvalue weighted by molar-refractivity contribution is 0.170. The van der Waals surface area contributed by atoms with Crippen molar-refractivity contribution >= 4 is 6.03 Å². The van der Waals surface area contributed by atoms with Crippen molar-refractivity contribution in [3.05, 3.63) is 59.7 Å². The Hall–Kier alpha value is -2.69. The molecule has 0 radical (unpaired) electrons. The van der Waals surface area contributed by atoms with E-state index in [-0.39, 0.29) is 24.0 Å². The van der Waals surface area contributed by atoms with Crippen LogP contribution in [-0.4, -0.2) is 31.2 Å². The lowest BCUT2D eigenvalue weighted by Crippen LogP contribution is -2.42. The average Bonchev–Trinajstić information content (AvgIpc) is 2.70. The molecule has 0 unspecified atom stereocenters. The van der Waals surface area contributed by atoms with Gasteiger partial charge in [-0.1, -0.05) is 50.2 Å². The van der Waals surface area contributed by atoms with Crippen LogP contribution in [0.25, 0.3) is 0 Å². The van der Waals surface area contributed by atoms with Gasteiger partial charge in [0.2, 0.25) is 0 Å². The van der Waals surface area contributed by atoms with Crippen molar-refractivity contribution in [3.63, 3.8) is 0 Å². The Balaban J connectivity index is 1.75. The highest BCUT2D eigenvalue weighted by Gasteiger charge is 2.24. The molecule has 0 fully saturated rings. The second kappa shape index (κ2) is 8.33.